The SMILES string of the molecule is CCn1cc(N)c(C(=O)NC(C)(CC)CC)n1. The summed E-state index contributed by atoms with van der Waals surface area (Å²) in [5, 5.41) is 7.15. The highest BCUT2D eigenvalue weighted by atomic mass is 16.2. The maximum atomic E-state index is 12.1. The fourth-order valence-corrected chi connectivity index (χ4v) is 1.54. The van der Waals surface area contributed by atoms with Crippen molar-refractivity contribution in [1.82, 2.24) is 15.1 Å². The van der Waals surface area contributed by atoms with Crippen LogP contribution in [-0.2, 0) is 6.54 Å². The third kappa shape index (κ3) is 2.99. The Balaban J connectivity index is 2.86. The quantitative estimate of drug-likeness (QED) is 0.821. The summed E-state index contributed by atoms with van der Waals surface area (Å²) in [4.78, 5) is 12.1. The molecule has 0 bridgehead atoms. The molecule has 1 heterocycles. The van der Waals surface area contributed by atoms with E-state index < -0.39 is 0 Å². The molecule has 1 amide bonds. The number of nitrogens with one attached hydrogen (secondary N) is 1. The molecule has 0 aliphatic carbocycles. The van der Waals surface area contributed by atoms with Gasteiger partial charge in [0.1, 0.15) is 0 Å². The zero-order valence-electron chi connectivity index (χ0n) is 11.1. The average Bonchev–Trinajstić information content (AvgIpc) is 2.70. The Labute approximate surface area is 102 Å². The summed E-state index contributed by atoms with van der Waals surface area (Å²) in [6, 6.07) is 0. The molecule has 0 saturated heterocycles. The smallest absolute Gasteiger partial charge is 0.274 e. The Morgan fingerprint density at radius 2 is 2.06 bits per heavy atom. The minimum atomic E-state index is -0.195. The third-order valence-electron chi connectivity index (χ3n) is 3.31. The number of anilines is 1. The van der Waals surface area contributed by atoms with Crippen LogP contribution in [0.25, 0.3) is 0 Å². The normalized spacial score (nSPS) is 11.5. The van der Waals surface area contributed by atoms with Crippen LogP contribution in [0.1, 0.15) is 51.0 Å². The standard InChI is InChI=1S/C12H22N4O/c1-5-12(4,6-2)14-11(17)10-9(13)8-16(7-3)15-10/h8H,5-7,13H2,1-4H3,(H,14,17). The zero-order valence-corrected chi connectivity index (χ0v) is 11.1. The Bertz CT molecular complexity index is 393. The molecule has 3 N–H and O–H groups in total. The Kier molecular flexibility index (Phi) is 4.15. The van der Waals surface area contributed by atoms with Crippen LogP contribution >= 0.6 is 0 Å². The van der Waals surface area contributed by atoms with Gasteiger partial charge in [0.05, 0.1) is 5.69 Å². The predicted molar refractivity (Wildman–Crippen MR) is 68.8 cm³/mol. The first kappa shape index (κ1) is 13.5. The summed E-state index contributed by atoms with van der Waals surface area (Å²) in [5.74, 6) is -0.194. The van der Waals surface area contributed by atoms with Gasteiger partial charge in [0, 0.05) is 18.3 Å². The molecule has 5 heteroatoms. The molecule has 0 unspecified atom stereocenters. The number of carbonyl (C=O) groups excluding carboxylic acids is 1. The number of hydrogen-bond donors (Lipinski definition) is 2. The highest BCUT2D eigenvalue weighted by Gasteiger charge is 2.25. The van der Waals surface area contributed by atoms with Gasteiger partial charge in [-0.1, -0.05) is 13.8 Å². The van der Waals surface area contributed by atoms with Gasteiger partial charge in [-0.2, -0.15) is 5.10 Å². The second kappa shape index (κ2) is 5.21. The summed E-state index contributed by atoms with van der Waals surface area (Å²) in [5.41, 5.74) is 6.33. The first-order valence-electron chi connectivity index (χ1n) is 6.11. The first-order valence-corrected chi connectivity index (χ1v) is 6.11. The van der Waals surface area contributed by atoms with Crippen LogP contribution in [-0.4, -0.2) is 21.2 Å². The Morgan fingerprint density at radius 1 is 1.47 bits per heavy atom. The molecular weight excluding hydrogens is 216 g/mol. The number of amides is 1. The molecule has 0 aromatic carbocycles. The molecule has 17 heavy (non-hydrogen) atoms. The van der Waals surface area contributed by atoms with E-state index in [1.807, 2.05) is 13.8 Å². The molecular formula is C12H22N4O. The van der Waals surface area contributed by atoms with Crippen LogP contribution in [0.4, 0.5) is 5.69 Å². The first-order chi connectivity index (χ1) is 7.95. The molecule has 0 saturated carbocycles. The van der Waals surface area contributed by atoms with Gasteiger partial charge in [-0.15, -0.1) is 0 Å². The number of aryl methyl sites for hydroxylation is 1. The zero-order chi connectivity index (χ0) is 13.1. The lowest BCUT2D eigenvalue weighted by Crippen LogP contribution is -2.45. The van der Waals surface area contributed by atoms with Gasteiger partial charge in [-0.3, -0.25) is 9.48 Å². The summed E-state index contributed by atoms with van der Waals surface area (Å²) >= 11 is 0. The summed E-state index contributed by atoms with van der Waals surface area (Å²) in [6.07, 6.45) is 3.44. The predicted octanol–water partition coefficient (Wildman–Crippen LogP) is 1.79. The molecule has 0 fully saturated rings. The van der Waals surface area contributed by atoms with Gasteiger partial charge in [-0.05, 0) is 26.7 Å². The van der Waals surface area contributed by atoms with Gasteiger partial charge in [0.2, 0.25) is 0 Å². The molecule has 1 aromatic rings. The molecule has 0 atom stereocenters. The number of carbonyl (C=O) groups is 1. The minimum absolute atomic E-state index is 0.194. The van der Waals surface area contributed by atoms with E-state index in [1.54, 1.807) is 10.9 Å². The van der Waals surface area contributed by atoms with Gasteiger partial charge in [0.15, 0.2) is 5.69 Å². The Morgan fingerprint density at radius 3 is 2.47 bits per heavy atom. The van der Waals surface area contributed by atoms with Gasteiger partial charge >= 0.3 is 0 Å². The second-order valence-corrected chi connectivity index (χ2v) is 4.51. The van der Waals surface area contributed by atoms with E-state index in [2.05, 4.69) is 24.3 Å². The fourth-order valence-electron chi connectivity index (χ4n) is 1.54. The number of nitrogens with zero attached hydrogens (tertiary/aromatic N) is 2. The van der Waals surface area contributed by atoms with Crippen LogP contribution < -0.4 is 11.1 Å². The summed E-state index contributed by atoms with van der Waals surface area (Å²) in [6.45, 7) is 8.79. The molecule has 1 rings (SSSR count). The van der Waals surface area contributed by atoms with Crippen molar-refractivity contribution in [3.05, 3.63) is 11.9 Å². The number of nitrogen functional groups attached to an aromatic ring is 1. The number of nitrogens with two attached hydrogens (primary N) is 1. The van der Waals surface area contributed by atoms with Gasteiger partial charge < -0.3 is 11.1 Å². The Hall–Kier alpha value is -1.52. The largest absolute Gasteiger partial charge is 0.396 e. The van der Waals surface area contributed by atoms with Crippen molar-refractivity contribution >= 4 is 11.6 Å². The van der Waals surface area contributed by atoms with Crippen LogP contribution in [0, 0.1) is 0 Å². The molecule has 0 aliphatic heterocycles. The van der Waals surface area contributed by atoms with E-state index in [1.165, 1.54) is 0 Å². The van der Waals surface area contributed by atoms with Crippen LogP contribution in [0.15, 0.2) is 6.20 Å². The van der Waals surface area contributed by atoms with Gasteiger partial charge in [0.25, 0.3) is 5.91 Å². The lowest BCUT2D eigenvalue weighted by molar-refractivity contribution is 0.0896. The van der Waals surface area contributed by atoms with Crippen LogP contribution in [0.5, 0.6) is 0 Å². The minimum Gasteiger partial charge on any atom is -0.396 e. The van der Waals surface area contributed by atoms with E-state index >= 15 is 0 Å². The van der Waals surface area contributed by atoms with E-state index in [0.29, 0.717) is 17.9 Å². The fraction of sp³-hybridized carbons (Fsp3) is 0.667. The molecule has 1 aromatic heterocycles. The molecule has 0 aliphatic rings. The summed E-state index contributed by atoms with van der Waals surface area (Å²) in [7, 11) is 0. The van der Waals surface area contributed by atoms with Crippen molar-refractivity contribution < 1.29 is 4.79 Å². The van der Waals surface area contributed by atoms with E-state index in [9.17, 15) is 4.79 Å². The lowest BCUT2D eigenvalue weighted by Gasteiger charge is -2.27. The topological polar surface area (TPSA) is 72.9 Å². The average molecular weight is 238 g/mol. The highest BCUT2D eigenvalue weighted by Crippen LogP contribution is 2.16. The van der Waals surface area contributed by atoms with E-state index in [0.717, 1.165) is 12.8 Å². The lowest BCUT2D eigenvalue weighted by atomic mass is 9.95. The monoisotopic (exact) mass is 238 g/mol. The van der Waals surface area contributed by atoms with Crippen molar-refractivity contribution in [3.8, 4) is 0 Å². The maximum absolute atomic E-state index is 12.1. The molecule has 0 spiro atoms. The van der Waals surface area contributed by atoms with Crippen molar-refractivity contribution in [2.24, 2.45) is 0 Å². The molecule has 5 nitrogen and oxygen atoms in total. The third-order valence-corrected chi connectivity index (χ3v) is 3.31. The highest BCUT2D eigenvalue weighted by molar-refractivity contribution is 5.97. The van der Waals surface area contributed by atoms with E-state index in [-0.39, 0.29) is 11.4 Å². The molecule has 0 radical (unpaired) electrons. The van der Waals surface area contributed by atoms with Crippen molar-refractivity contribution in [3.63, 3.8) is 0 Å². The van der Waals surface area contributed by atoms with E-state index in [4.69, 9.17) is 5.73 Å². The van der Waals surface area contributed by atoms with Crippen molar-refractivity contribution in [1.29, 1.82) is 0 Å². The van der Waals surface area contributed by atoms with Crippen molar-refractivity contribution in [2.45, 2.75) is 52.6 Å². The number of hydrogen-bond acceptors (Lipinski definition) is 3. The number of aromatic nitrogens is 2. The maximum Gasteiger partial charge on any atom is 0.274 e. The van der Waals surface area contributed by atoms with Crippen molar-refractivity contribution in [2.75, 3.05) is 5.73 Å². The second-order valence-electron chi connectivity index (χ2n) is 4.51. The number of rotatable bonds is 5. The summed E-state index contributed by atoms with van der Waals surface area (Å²) < 4.78 is 1.67. The van der Waals surface area contributed by atoms with Gasteiger partial charge in [-0.25, -0.2) is 0 Å². The molecule has 96 valence electrons. The van der Waals surface area contributed by atoms with Crippen LogP contribution in [0.3, 0.4) is 0 Å². The van der Waals surface area contributed by atoms with Crippen LogP contribution in [0.2, 0.25) is 0 Å².